The molecule has 0 rings (SSSR count). The van der Waals surface area contributed by atoms with Crippen LogP contribution in [0.15, 0.2) is 24.3 Å². The second-order valence-electron chi connectivity index (χ2n) is 2.79. The van der Waals surface area contributed by atoms with Gasteiger partial charge in [0.2, 0.25) is 0 Å². The van der Waals surface area contributed by atoms with Gasteiger partial charge in [-0.1, -0.05) is 18.7 Å². The van der Waals surface area contributed by atoms with Gasteiger partial charge in [-0.3, -0.25) is 0 Å². The van der Waals surface area contributed by atoms with Crippen molar-refractivity contribution in [1.29, 1.82) is 0 Å². The second-order valence-corrected chi connectivity index (χ2v) is 2.79. The average molecular weight is 213 g/mol. The minimum absolute atomic E-state index is 0.178. The van der Waals surface area contributed by atoms with Crippen LogP contribution in [0.5, 0.6) is 0 Å². The molecule has 0 spiro atoms. The van der Waals surface area contributed by atoms with E-state index in [1.807, 2.05) is 0 Å². The van der Waals surface area contributed by atoms with Gasteiger partial charge in [-0.15, -0.1) is 0 Å². The van der Waals surface area contributed by atoms with Crippen LogP contribution in [0, 0.1) is 0 Å². The van der Waals surface area contributed by atoms with Crippen molar-refractivity contribution in [2.45, 2.75) is 13.3 Å². The van der Waals surface area contributed by atoms with Crippen molar-refractivity contribution in [2.75, 3.05) is 13.2 Å². The van der Waals surface area contributed by atoms with Crippen LogP contribution in [0.2, 0.25) is 0 Å². The van der Waals surface area contributed by atoms with Crippen LogP contribution in [0.1, 0.15) is 13.3 Å². The topological polar surface area (TPSA) is 75.6 Å². The van der Waals surface area contributed by atoms with Gasteiger partial charge in [0.05, 0.1) is 0 Å². The molecule has 0 saturated heterocycles. The normalized spacial score (nSPS) is 10.6. The molecule has 0 aromatic heterocycles. The molecule has 5 nitrogen and oxygen atoms in total. The number of carbonyl (C=O) groups is 2. The van der Waals surface area contributed by atoms with E-state index in [0.29, 0.717) is 12.0 Å². The molecular formula is C10H15NO4. The first-order chi connectivity index (χ1) is 7.07. The van der Waals surface area contributed by atoms with Crippen molar-refractivity contribution >= 4 is 12.1 Å². The molecule has 0 aromatic carbocycles. The Kier molecular flexibility index (Phi) is 6.70. The highest BCUT2D eigenvalue weighted by Gasteiger charge is 2.03. The number of rotatable bonds is 6. The first kappa shape index (κ1) is 13.2. The van der Waals surface area contributed by atoms with E-state index in [1.165, 1.54) is 6.08 Å². The Balaban J connectivity index is 3.81. The average Bonchev–Trinajstić information content (AvgIpc) is 2.20. The van der Waals surface area contributed by atoms with E-state index in [2.05, 4.69) is 11.9 Å². The highest BCUT2D eigenvalue weighted by atomic mass is 16.5. The fraction of sp³-hybridized carbons (Fsp3) is 0.400. The van der Waals surface area contributed by atoms with Crippen molar-refractivity contribution in [1.82, 2.24) is 5.32 Å². The number of carboxylic acid groups (broad SMARTS) is 1. The smallest absolute Gasteiger partial charge is 0.404 e. The molecule has 0 heterocycles. The molecule has 84 valence electrons. The number of nitrogens with one attached hydrogen (secondary N) is 1. The summed E-state index contributed by atoms with van der Waals surface area (Å²) in [5.74, 6) is -0.412. The zero-order valence-corrected chi connectivity index (χ0v) is 8.66. The van der Waals surface area contributed by atoms with Gasteiger partial charge in [0.25, 0.3) is 0 Å². The molecule has 0 bridgehead atoms. The molecule has 0 atom stereocenters. The lowest BCUT2D eigenvalue weighted by Crippen LogP contribution is -2.21. The summed E-state index contributed by atoms with van der Waals surface area (Å²) in [6, 6.07) is 0. The Morgan fingerprint density at radius 1 is 1.53 bits per heavy atom. The monoisotopic (exact) mass is 213 g/mol. The van der Waals surface area contributed by atoms with E-state index in [9.17, 15) is 9.59 Å². The molecule has 15 heavy (non-hydrogen) atoms. The summed E-state index contributed by atoms with van der Waals surface area (Å²) < 4.78 is 4.77. The third-order valence-corrected chi connectivity index (χ3v) is 1.53. The second kappa shape index (κ2) is 7.61. The summed E-state index contributed by atoms with van der Waals surface area (Å²) in [4.78, 5) is 21.2. The van der Waals surface area contributed by atoms with Gasteiger partial charge >= 0.3 is 12.1 Å². The standard InChI is InChI=1S/C10H15NO4/c1-3-7-15-9(12)8(2)5-4-6-11-10(13)14/h3,5,11H,1,4,6-7H2,2H3,(H,13,14). The predicted octanol–water partition coefficient (Wildman–Crippen LogP) is 1.32. The van der Waals surface area contributed by atoms with E-state index in [-0.39, 0.29) is 13.2 Å². The molecule has 1 amide bonds. The minimum Gasteiger partial charge on any atom is -0.465 e. The molecular weight excluding hydrogens is 198 g/mol. The van der Waals surface area contributed by atoms with Crippen LogP contribution in [0.25, 0.3) is 0 Å². The Bertz CT molecular complexity index is 271. The van der Waals surface area contributed by atoms with Gasteiger partial charge in [-0.2, -0.15) is 0 Å². The third-order valence-electron chi connectivity index (χ3n) is 1.53. The Morgan fingerprint density at radius 3 is 2.73 bits per heavy atom. The largest absolute Gasteiger partial charge is 0.465 e. The highest BCUT2D eigenvalue weighted by Crippen LogP contribution is 1.98. The van der Waals surface area contributed by atoms with Gasteiger partial charge in [0.1, 0.15) is 6.61 Å². The number of carbonyl (C=O) groups excluding carboxylic acids is 1. The summed E-state index contributed by atoms with van der Waals surface area (Å²) >= 11 is 0. The van der Waals surface area contributed by atoms with Crippen molar-refractivity contribution in [3.05, 3.63) is 24.3 Å². The molecule has 0 unspecified atom stereocenters. The Morgan fingerprint density at radius 2 is 2.20 bits per heavy atom. The Labute approximate surface area is 88.4 Å². The third kappa shape index (κ3) is 7.30. The quantitative estimate of drug-likeness (QED) is 0.302. The lowest BCUT2D eigenvalue weighted by Gasteiger charge is -2.01. The number of amides is 1. The van der Waals surface area contributed by atoms with Crippen LogP contribution in [-0.4, -0.2) is 30.3 Å². The molecule has 0 aliphatic carbocycles. The van der Waals surface area contributed by atoms with E-state index in [4.69, 9.17) is 9.84 Å². The molecule has 0 saturated carbocycles. The highest BCUT2D eigenvalue weighted by molar-refractivity contribution is 5.87. The van der Waals surface area contributed by atoms with E-state index in [0.717, 1.165) is 0 Å². The summed E-state index contributed by atoms with van der Waals surface area (Å²) in [6.45, 7) is 5.49. The first-order valence-electron chi connectivity index (χ1n) is 4.49. The Hall–Kier alpha value is -1.78. The maximum absolute atomic E-state index is 11.2. The molecule has 0 radical (unpaired) electrons. The minimum atomic E-state index is -1.07. The number of esters is 1. The molecule has 0 aliphatic heterocycles. The maximum atomic E-state index is 11.2. The lowest BCUT2D eigenvalue weighted by atomic mass is 10.2. The maximum Gasteiger partial charge on any atom is 0.404 e. The first-order valence-corrected chi connectivity index (χ1v) is 4.49. The number of ether oxygens (including phenoxy) is 1. The zero-order chi connectivity index (χ0) is 11.7. The molecule has 2 N–H and O–H groups in total. The van der Waals surface area contributed by atoms with Crippen molar-refractivity contribution in [2.24, 2.45) is 0 Å². The summed E-state index contributed by atoms with van der Waals surface area (Å²) in [5.41, 5.74) is 0.462. The zero-order valence-electron chi connectivity index (χ0n) is 8.66. The SMILES string of the molecule is C=CCOC(=O)C(C)=CCCNC(=O)O. The fourth-order valence-electron chi connectivity index (χ4n) is 0.800. The van der Waals surface area contributed by atoms with Gasteiger partial charge in [-0.05, 0) is 13.3 Å². The van der Waals surface area contributed by atoms with Gasteiger partial charge < -0.3 is 15.2 Å². The molecule has 5 heteroatoms. The fourth-order valence-corrected chi connectivity index (χ4v) is 0.800. The molecule has 0 fully saturated rings. The van der Waals surface area contributed by atoms with E-state index in [1.54, 1.807) is 13.0 Å². The number of hydrogen-bond donors (Lipinski definition) is 2. The van der Waals surface area contributed by atoms with Crippen LogP contribution < -0.4 is 5.32 Å². The van der Waals surface area contributed by atoms with Crippen LogP contribution in [-0.2, 0) is 9.53 Å². The van der Waals surface area contributed by atoms with E-state index < -0.39 is 12.1 Å². The van der Waals surface area contributed by atoms with Gasteiger partial charge in [0, 0.05) is 12.1 Å². The van der Waals surface area contributed by atoms with Crippen molar-refractivity contribution in [3.63, 3.8) is 0 Å². The lowest BCUT2D eigenvalue weighted by molar-refractivity contribution is -0.137. The molecule has 0 aromatic rings. The van der Waals surface area contributed by atoms with E-state index >= 15 is 0 Å². The predicted molar refractivity (Wildman–Crippen MR) is 55.6 cm³/mol. The number of hydrogen-bond acceptors (Lipinski definition) is 3. The summed E-state index contributed by atoms with van der Waals surface area (Å²) in [6.07, 6.45) is 2.50. The van der Waals surface area contributed by atoms with Gasteiger partial charge in [0.15, 0.2) is 0 Å². The molecule has 0 aliphatic rings. The summed E-state index contributed by atoms with van der Waals surface area (Å²) in [5, 5.41) is 10.5. The van der Waals surface area contributed by atoms with Gasteiger partial charge in [-0.25, -0.2) is 9.59 Å². The van der Waals surface area contributed by atoms with Crippen molar-refractivity contribution in [3.8, 4) is 0 Å². The van der Waals surface area contributed by atoms with Crippen LogP contribution in [0.4, 0.5) is 4.79 Å². The van der Waals surface area contributed by atoms with Crippen molar-refractivity contribution < 1.29 is 19.4 Å². The summed E-state index contributed by atoms with van der Waals surface area (Å²) in [7, 11) is 0. The van der Waals surface area contributed by atoms with Crippen LogP contribution in [0.3, 0.4) is 0 Å². The van der Waals surface area contributed by atoms with Crippen LogP contribution >= 0.6 is 0 Å².